The molecule has 1 aromatic rings. The van der Waals surface area contributed by atoms with Gasteiger partial charge in [0.25, 0.3) is 0 Å². The first-order valence-electron chi connectivity index (χ1n) is 4.38. The summed E-state index contributed by atoms with van der Waals surface area (Å²) >= 11 is 0. The van der Waals surface area contributed by atoms with E-state index in [1.807, 2.05) is 0 Å². The largest absolute Gasteiger partial charge is 0.403 e. The average Bonchev–Trinajstić information content (AvgIpc) is 2.08. The third-order valence-electron chi connectivity index (χ3n) is 2.07. The molecule has 0 amide bonds. The van der Waals surface area contributed by atoms with Crippen molar-refractivity contribution < 1.29 is 17.6 Å². The lowest BCUT2D eigenvalue weighted by Gasteiger charge is -2.15. The summed E-state index contributed by atoms with van der Waals surface area (Å²) in [5.41, 5.74) is 5.55. The summed E-state index contributed by atoms with van der Waals surface area (Å²) in [5, 5.41) is 0. The standard InChI is InChI=1S/C10H11F4N/c1-6-2-3-7(8(11)4-6)5-9(15)10(12,13)14/h2-4,9H,5,15H2,1H3. The average molecular weight is 221 g/mol. The first kappa shape index (κ1) is 12.0. The summed E-state index contributed by atoms with van der Waals surface area (Å²) in [5.74, 6) is -0.644. The molecule has 1 rings (SSSR count). The third kappa shape index (κ3) is 3.20. The lowest BCUT2D eigenvalue weighted by Crippen LogP contribution is -2.39. The second kappa shape index (κ2) is 4.18. The van der Waals surface area contributed by atoms with Crippen LogP contribution in [0.4, 0.5) is 17.6 Å². The van der Waals surface area contributed by atoms with Crippen LogP contribution in [0.2, 0.25) is 0 Å². The van der Waals surface area contributed by atoms with Crippen LogP contribution in [0.15, 0.2) is 18.2 Å². The summed E-state index contributed by atoms with van der Waals surface area (Å²) in [4.78, 5) is 0. The van der Waals surface area contributed by atoms with Gasteiger partial charge in [-0.2, -0.15) is 13.2 Å². The summed E-state index contributed by atoms with van der Waals surface area (Å²) in [6, 6.07) is 2.06. The van der Waals surface area contributed by atoms with E-state index in [1.54, 1.807) is 13.0 Å². The van der Waals surface area contributed by atoms with Crippen LogP contribution in [0.25, 0.3) is 0 Å². The highest BCUT2D eigenvalue weighted by molar-refractivity contribution is 5.24. The maximum absolute atomic E-state index is 13.2. The number of hydrogen-bond acceptors (Lipinski definition) is 1. The highest BCUT2D eigenvalue weighted by atomic mass is 19.4. The second-order valence-corrected chi connectivity index (χ2v) is 3.45. The molecule has 0 aliphatic rings. The molecule has 0 aliphatic heterocycles. The Morgan fingerprint density at radius 1 is 1.33 bits per heavy atom. The van der Waals surface area contributed by atoms with Crippen LogP contribution < -0.4 is 5.73 Å². The molecule has 0 aliphatic carbocycles. The van der Waals surface area contributed by atoms with Gasteiger partial charge in [-0.25, -0.2) is 4.39 Å². The minimum Gasteiger partial charge on any atom is -0.320 e. The number of aryl methyl sites for hydroxylation is 1. The fraction of sp³-hybridized carbons (Fsp3) is 0.400. The van der Waals surface area contributed by atoms with Crippen LogP contribution in [-0.2, 0) is 6.42 Å². The van der Waals surface area contributed by atoms with E-state index >= 15 is 0 Å². The molecule has 15 heavy (non-hydrogen) atoms. The van der Waals surface area contributed by atoms with E-state index in [-0.39, 0.29) is 5.56 Å². The predicted molar refractivity (Wildman–Crippen MR) is 48.9 cm³/mol. The topological polar surface area (TPSA) is 26.0 Å². The lowest BCUT2D eigenvalue weighted by molar-refractivity contribution is -0.147. The van der Waals surface area contributed by atoms with Crippen molar-refractivity contribution in [3.8, 4) is 0 Å². The van der Waals surface area contributed by atoms with Crippen LogP contribution in [0.3, 0.4) is 0 Å². The first-order chi connectivity index (χ1) is 6.80. The van der Waals surface area contributed by atoms with Gasteiger partial charge in [0.2, 0.25) is 0 Å². The molecule has 84 valence electrons. The van der Waals surface area contributed by atoms with Gasteiger partial charge in [0.1, 0.15) is 11.9 Å². The maximum Gasteiger partial charge on any atom is 0.403 e. The van der Waals surface area contributed by atoms with Crippen LogP contribution in [-0.4, -0.2) is 12.2 Å². The quantitative estimate of drug-likeness (QED) is 0.763. The van der Waals surface area contributed by atoms with Crippen molar-refractivity contribution >= 4 is 0 Å². The van der Waals surface area contributed by atoms with E-state index in [4.69, 9.17) is 5.73 Å². The van der Waals surface area contributed by atoms with E-state index in [9.17, 15) is 17.6 Å². The Morgan fingerprint density at radius 3 is 2.40 bits per heavy atom. The number of hydrogen-bond donors (Lipinski definition) is 1. The van der Waals surface area contributed by atoms with Gasteiger partial charge in [0.15, 0.2) is 0 Å². The Bertz CT molecular complexity index is 346. The lowest BCUT2D eigenvalue weighted by atomic mass is 10.0. The van der Waals surface area contributed by atoms with Crippen molar-refractivity contribution in [1.29, 1.82) is 0 Å². The van der Waals surface area contributed by atoms with E-state index < -0.39 is 24.5 Å². The van der Waals surface area contributed by atoms with Gasteiger partial charge in [0.05, 0.1) is 0 Å². The van der Waals surface area contributed by atoms with Gasteiger partial charge in [-0.15, -0.1) is 0 Å². The Morgan fingerprint density at radius 2 is 1.93 bits per heavy atom. The maximum atomic E-state index is 13.2. The van der Waals surface area contributed by atoms with Crippen LogP contribution in [0, 0.1) is 12.7 Å². The van der Waals surface area contributed by atoms with Crippen molar-refractivity contribution in [3.05, 3.63) is 35.1 Å². The van der Waals surface area contributed by atoms with Crippen molar-refractivity contribution in [2.45, 2.75) is 25.6 Å². The zero-order valence-corrected chi connectivity index (χ0v) is 8.11. The monoisotopic (exact) mass is 221 g/mol. The Kier molecular flexibility index (Phi) is 3.34. The zero-order chi connectivity index (χ0) is 11.6. The molecule has 1 atom stereocenters. The number of rotatable bonds is 2. The Hall–Kier alpha value is -1.10. The predicted octanol–water partition coefficient (Wildman–Crippen LogP) is 2.57. The van der Waals surface area contributed by atoms with Crippen molar-refractivity contribution in [2.75, 3.05) is 0 Å². The highest BCUT2D eigenvalue weighted by Crippen LogP contribution is 2.22. The summed E-state index contributed by atoms with van der Waals surface area (Å²) in [6.07, 6.45) is -5.02. The van der Waals surface area contributed by atoms with Gasteiger partial charge in [0, 0.05) is 0 Å². The summed E-state index contributed by atoms with van der Waals surface area (Å²) in [6.45, 7) is 1.66. The molecule has 0 radical (unpaired) electrons. The Balaban J connectivity index is 2.82. The van der Waals surface area contributed by atoms with Gasteiger partial charge in [-0.3, -0.25) is 0 Å². The molecular weight excluding hydrogens is 210 g/mol. The molecule has 0 spiro atoms. The molecule has 1 unspecified atom stereocenters. The molecule has 0 saturated heterocycles. The SMILES string of the molecule is Cc1ccc(CC(N)C(F)(F)F)c(F)c1. The van der Waals surface area contributed by atoms with Crippen LogP contribution in [0.1, 0.15) is 11.1 Å². The molecular formula is C10H11F4N. The summed E-state index contributed by atoms with van der Waals surface area (Å²) in [7, 11) is 0. The minimum absolute atomic E-state index is 0.00887. The fourth-order valence-corrected chi connectivity index (χ4v) is 1.17. The fourth-order valence-electron chi connectivity index (χ4n) is 1.17. The Labute approximate surface area is 84.9 Å². The van der Waals surface area contributed by atoms with Gasteiger partial charge in [-0.1, -0.05) is 12.1 Å². The van der Waals surface area contributed by atoms with Gasteiger partial charge in [-0.05, 0) is 30.5 Å². The highest BCUT2D eigenvalue weighted by Gasteiger charge is 2.36. The molecule has 0 fully saturated rings. The van der Waals surface area contributed by atoms with Gasteiger partial charge >= 0.3 is 6.18 Å². The van der Waals surface area contributed by atoms with E-state index in [1.165, 1.54) is 12.1 Å². The second-order valence-electron chi connectivity index (χ2n) is 3.45. The van der Waals surface area contributed by atoms with E-state index in [0.717, 1.165) is 0 Å². The number of benzene rings is 1. The number of nitrogens with two attached hydrogens (primary N) is 1. The molecule has 1 nitrogen and oxygen atoms in total. The zero-order valence-electron chi connectivity index (χ0n) is 8.11. The molecule has 0 saturated carbocycles. The van der Waals surface area contributed by atoms with Crippen LogP contribution in [0.5, 0.6) is 0 Å². The smallest absolute Gasteiger partial charge is 0.320 e. The van der Waals surface area contributed by atoms with Crippen LogP contribution >= 0.6 is 0 Å². The van der Waals surface area contributed by atoms with Crippen molar-refractivity contribution in [3.63, 3.8) is 0 Å². The molecule has 1 aromatic carbocycles. The van der Waals surface area contributed by atoms with Crippen molar-refractivity contribution in [2.24, 2.45) is 5.73 Å². The normalized spacial score (nSPS) is 14.0. The number of alkyl halides is 3. The minimum atomic E-state index is -4.49. The third-order valence-corrected chi connectivity index (χ3v) is 2.07. The molecule has 0 heterocycles. The first-order valence-corrected chi connectivity index (χ1v) is 4.38. The van der Waals surface area contributed by atoms with E-state index in [2.05, 4.69) is 0 Å². The molecule has 2 N–H and O–H groups in total. The van der Waals surface area contributed by atoms with E-state index in [0.29, 0.717) is 5.56 Å². The molecule has 0 bridgehead atoms. The number of halogens is 4. The molecule has 5 heteroatoms. The van der Waals surface area contributed by atoms with Gasteiger partial charge < -0.3 is 5.73 Å². The van der Waals surface area contributed by atoms with Crippen molar-refractivity contribution in [1.82, 2.24) is 0 Å². The molecule has 0 aromatic heterocycles. The summed E-state index contributed by atoms with van der Waals surface area (Å²) < 4.78 is 49.5.